The van der Waals surface area contributed by atoms with E-state index in [2.05, 4.69) is 10.3 Å². The molecule has 21 heavy (non-hydrogen) atoms. The van der Waals surface area contributed by atoms with E-state index in [9.17, 15) is 13.2 Å². The fourth-order valence-corrected chi connectivity index (χ4v) is 1.99. The lowest BCUT2D eigenvalue weighted by molar-refractivity contribution is -0.137. The lowest BCUT2D eigenvalue weighted by Crippen LogP contribution is -2.18. The number of hydrogen-bond donors (Lipinski definition) is 2. The minimum absolute atomic E-state index is 0.205. The van der Waals surface area contributed by atoms with E-state index in [1.807, 2.05) is 6.92 Å². The second-order valence-corrected chi connectivity index (χ2v) is 4.88. The van der Waals surface area contributed by atoms with Crippen LogP contribution in [0.3, 0.4) is 0 Å². The molecule has 0 saturated carbocycles. The first-order chi connectivity index (χ1) is 9.79. The first kappa shape index (κ1) is 15.2. The van der Waals surface area contributed by atoms with Crippen LogP contribution >= 0.6 is 12.2 Å². The number of aryl methyl sites for hydroxylation is 1. The summed E-state index contributed by atoms with van der Waals surface area (Å²) in [5.74, 6) is 0. The molecule has 0 spiro atoms. The molecule has 0 aliphatic heterocycles. The fourth-order valence-electron chi connectivity index (χ4n) is 1.82. The zero-order valence-electron chi connectivity index (χ0n) is 11.0. The van der Waals surface area contributed by atoms with Crippen LogP contribution in [0.25, 0.3) is 0 Å². The van der Waals surface area contributed by atoms with Crippen LogP contribution in [0.1, 0.15) is 16.7 Å². The van der Waals surface area contributed by atoms with Crippen LogP contribution in [-0.4, -0.2) is 9.97 Å². The predicted octanol–water partition coefficient (Wildman–Crippen LogP) is 3.79. The van der Waals surface area contributed by atoms with E-state index in [4.69, 9.17) is 18.0 Å². The van der Waals surface area contributed by atoms with Crippen LogP contribution in [0.4, 0.5) is 24.5 Å². The second-order valence-electron chi connectivity index (χ2n) is 4.44. The highest BCUT2D eigenvalue weighted by Gasteiger charge is 2.34. The number of pyridine rings is 1. The van der Waals surface area contributed by atoms with Crippen molar-refractivity contribution in [1.29, 1.82) is 0 Å². The Bertz CT molecular complexity index is 683. The zero-order valence-corrected chi connectivity index (χ0v) is 11.8. The molecule has 0 aliphatic carbocycles. The Labute approximate surface area is 125 Å². The molecule has 3 N–H and O–H groups in total. The van der Waals surface area contributed by atoms with Crippen LogP contribution in [0.15, 0.2) is 36.7 Å². The number of rotatable bonds is 3. The van der Waals surface area contributed by atoms with Gasteiger partial charge in [0.15, 0.2) is 0 Å². The number of alkyl halides is 3. The lowest BCUT2D eigenvalue weighted by Gasteiger charge is -2.15. The molecule has 0 atom stereocenters. The summed E-state index contributed by atoms with van der Waals surface area (Å²) in [7, 11) is 0. The molecule has 110 valence electrons. The number of nitrogens with two attached hydrogens (primary N) is 1. The quantitative estimate of drug-likeness (QED) is 0.847. The number of benzene rings is 1. The van der Waals surface area contributed by atoms with Crippen molar-refractivity contribution < 1.29 is 13.2 Å². The summed E-state index contributed by atoms with van der Waals surface area (Å²) in [5, 5.41) is 3.00. The van der Waals surface area contributed by atoms with Crippen LogP contribution < -0.4 is 11.1 Å². The van der Waals surface area contributed by atoms with Crippen LogP contribution in [0.5, 0.6) is 0 Å². The summed E-state index contributed by atoms with van der Waals surface area (Å²) >= 11 is 4.71. The average Bonchev–Trinajstić information content (AvgIpc) is 2.40. The molecule has 2 rings (SSSR count). The van der Waals surface area contributed by atoms with Gasteiger partial charge in [-0.25, -0.2) is 0 Å². The largest absolute Gasteiger partial charge is 0.417 e. The van der Waals surface area contributed by atoms with Crippen molar-refractivity contribution in [3.8, 4) is 0 Å². The van der Waals surface area contributed by atoms with Crippen molar-refractivity contribution >= 4 is 28.6 Å². The Kier molecular flexibility index (Phi) is 4.13. The van der Waals surface area contributed by atoms with E-state index in [-0.39, 0.29) is 10.6 Å². The number of aromatic nitrogens is 1. The summed E-state index contributed by atoms with van der Waals surface area (Å²) in [6.07, 6.45) is -1.28. The molecule has 3 nitrogen and oxygen atoms in total. The highest BCUT2D eigenvalue weighted by Crippen LogP contribution is 2.34. The van der Waals surface area contributed by atoms with Gasteiger partial charge in [-0.05, 0) is 36.8 Å². The molecule has 7 heteroatoms. The molecule has 0 amide bonds. The first-order valence-electron chi connectivity index (χ1n) is 5.97. The SMILES string of the molecule is Cc1ccncc1Nc1ccc(C(F)(F)F)c(C(N)=S)c1. The van der Waals surface area contributed by atoms with Gasteiger partial charge in [0, 0.05) is 17.4 Å². The van der Waals surface area contributed by atoms with E-state index in [0.29, 0.717) is 11.4 Å². The Morgan fingerprint density at radius 1 is 1.29 bits per heavy atom. The minimum atomic E-state index is -4.50. The van der Waals surface area contributed by atoms with Gasteiger partial charge in [-0.1, -0.05) is 12.2 Å². The summed E-state index contributed by atoms with van der Waals surface area (Å²) in [6, 6.07) is 5.37. The van der Waals surface area contributed by atoms with Crippen molar-refractivity contribution in [3.63, 3.8) is 0 Å². The van der Waals surface area contributed by atoms with Gasteiger partial charge < -0.3 is 11.1 Å². The Balaban J connectivity index is 2.42. The van der Waals surface area contributed by atoms with Crippen LogP contribution in [-0.2, 0) is 6.18 Å². The first-order valence-corrected chi connectivity index (χ1v) is 6.38. The molecule has 0 radical (unpaired) electrons. The number of anilines is 2. The summed E-state index contributed by atoms with van der Waals surface area (Å²) < 4.78 is 38.7. The highest BCUT2D eigenvalue weighted by molar-refractivity contribution is 7.80. The van der Waals surface area contributed by atoms with E-state index < -0.39 is 11.7 Å². The molecule has 1 heterocycles. The van der Waals surface area contributed by atoms with Gasteiger partial charge in [-0.3, -0.25) is 4.98 Å². The summed E-state index contributed by atoms with van der Waals surface area (Å²) in [5.41, 5.74) is 6.42. The van der Waals surface area contributed by atoms with Crippen molar-refractivity contribution in [2.45, 2.75) is 13.1 Å². The Morgan fingerprint density at radius 2 is 2.00 bits per heavy atom. The Hall–Kier alpha value is -2.15. The maximum atomic E-state index is 12.9. The Morgan fingerprint density at radius 3 is 2.57 bits per heavy atom. The van der Waals surface area contributed by atoms with Gasteiger partial charge in [0.25, 0.3) is 0 Å². The number of hydrogen-bond acceptors (Lipinski definition) is 3. The van der Waals surface area contributed by atoms with Crippen molar-refractivity contribution in [3.05, 3.63) is 53.3 Å². The molecule has 0 aliphatic rings. The van der Waals surface area contributed by atoms with Gasteiger partial charge >= 0.3 is 6.18 Å². The smallest absolute Gasteiger partial charge is 0.389 e. The topological polar surface area (TPSA) is 50.9 Å². The van der Waals surface area contributed by atoms with Crippen LogP contribution in [0, 0.1) is 6.92 Å². The molecule has 1 aromatic carbocycles. The van der Waals surface area contributed by atoms with E-state index >= 15 is 0 Å². The van der Waals surface area contributed by atoms with Gasteiger partial charge in [0.1, 0.15) is 4.99 Å². The maximum Gasteiger partial charge on any atom is 0.417 e. The molecular formula is C14H12F3N3S. The summed E-state index contributed by atoms with van der Waals surface area (Å²) in [6.45, 7) is 1.86. The van der Waals surface area contributed by atoms with E-state index in [1.54, 1.807) is 18.5 Å². The molecule has 1 aromatic heterocycles. The second kappa shape index (κ2) is 5.69. The number of halogens is 3. The van der Waals surface area contributed by atoms with Crippen molar-refractivity contribution in [1.82, 2.24) is 4.98 Å². The molecule has 0 unspecified atom stereocenters. The predicted molar refractivity (Wildman–Crippen MR) is 79.6 cm³/mol. The number of nitrogens with zero attached hydrogens (tertiary/aromatic N) is 1. The van der Waals surface area contributed by atoms with Crippen molar-refractivity contribution in [2.24, 2.45) is 5.73 Å². The zero-order chi connectivity index (χ0) is 15.6. The molecule has 0 bridgehead atoms. The number of thiocarbonyl (C=S) groups is 1. The van der Waals surface area contributed by atoms with E-state index in [0.717, 1.165) is 11.6 Å². The fraction of sp³-hybridized carbons (Fsp3) is 0.143. The monoisotopic (exact) mass is 311 g/mol. The van der Waals surface area contributed by atoms with E-state index in [1.165, 1.54) is 12.1 Å². The third-order valence-corrected chi connectivity index (χ3v) is 3.13. The standard InChI is InChI=1S/C14H12F3N3S/c1-8-4-5-19-7-12(8)20-9-2-3-11(14(15,16)17)10(6-9)13(18)21/h2-7,20H,1H3,(H2,18,21). The van der Waals surface area contributed by atoms with Crippen LogP contribution in [0.2, 0.25) is 0 Å². The van der Waals surface area contributed by atoms with Gasteiger partial charge in [0.2, 0.25) is 0 Å². The molecular weight excluding hydrogens is 299 g/mol. The normalized spacial score (nSPS) is 11.2. The third kappa shape index (κ3) is 3.49. The minimum Gasteiger partial charge on any atom is -0.389 e. The lowest BCUT2D eigenvalue weighted by atomic mass is 10.1. The van der Waals surface area contributed by atoms with Gasteiger partial charge in [0.05, 0.1) is 17.4 Å². The summed E-state index contributed by atoms with van der Waals surface area (Å²) in [4.78, 5) is 3.67. The third-order valence-electron chi connectivity index (χ3n) is 2.91. The van der Waals surface area contributed by atoms with Gasteiger partial charge in [-0.2, -0.15) is 13.2 Å². The molecule has 0 saturated heterocycles. The highest BCUT2D eigenvalue weighted by atomic mass is 32.1. The molecule has 2 aromatic rings. The maximum absolute atomic E-state index is 12.9. The van der Waals surface area contributed by atoms with Gasteiger partial charge in [-0.15, -0.1) is 0 Å². The molecule has 0 fully saturated rings. The average molecular weight is 311 g/mol. The number of nitrogens with one attached hydrogen (secondary N) is 1. The van der Waals surface area contributed by atoms with Crippen molar-refractivity contribution in [2.75, 3.05) is 5.32 Å².